The van der Waals surface area contributed by atoms with Crippen LogP contribution >= 0.6 is 0 Å². The van der Waals surface area contributed by atoms with Crippen molar-refractivity contribution in [3.8, 4) is 5.69 Å². The molecule has 0 aliphatic rings. The molecule has 0 saturated heterocycles. The van der Waals surface area contributed by atoms with E-state index in [9.17, 15) is 4.79 Å². The Balaban J connectivity index is 2.28. The molecular formula is C13H9N3O2. The Morgan fingerprint density at radius 3 is 2.67 bits per heavy atom. The lowest BCUT2D eigenvalue weighted by Gasteiger charge is -2.03. The van der Waals surface area contributed by atoms with Gasteiger partial charge in [0.25, 0.3) is 0 Å². The Hall–Kier alpha value is -2.69. The summed E-state index contributed by atoms with van der Waals surface area (Å²) in [5.74, 6) is -0.949. The van der Waals surface area contributed by atoms with E-state index in [4.69, 9.17) is 5.11 Å². The van der Waals surface area contributed by atoms with Crippen LogP contribution in [0.3, 0.4) is 0 Å². The molecule has 0 amide bonds. The Morgan fingerprint density at radius 1 is 1.17 bits per heavy atom. The maximum atomic E-state index is 11.1. The quantitative estimate of drug-likeness (QED) is 0.743. The fourth-order valence-electron chi connectivity index (χ4n) is 1.93. The van der Waals surface area contributed by atoms with Gasteiger partial charge in [-0.1, -0.05) is 6.07 Å². The van der Waals surface area contributed by atoms with Crippen LogP contribution in [0.15, 0.2) is 48.9 Å². The molecule has 0 saturated carbocycles. The lowest BCUT2D eigenvalue weighted by Crippen LogP contribution is -1.98. The fourth-order valence-corrected chi connectivity index (χ4v) is 1.93. The zero-order valence-corrected chi connectivity index (χ0v) is 9.32. The van der Waals surface area contributed by atoms with Gasteiger partial charge in [0.15, 0.2) is 0 Å². The number of nitrogens with zero attached hydrogens (tertiary/aromatic N) is 3. The molecule has 5 nitrogen and oxygen atoms in total. The van der Waals surface area contributed by atoms with Crippen LogP contribution in [-0.4, -0.2) is 25.8 Å². The van der Waals surface area contributed by atoms with E-state index in [0.29, 0.717) is 5.39 Å². The fraction of sp³-hybridized carbons (Fsp3) is 0. The van der Waals surface area contributed by atoms with Gasteiger partial charge in [-0.15, -0.1) is 0 Å². The van der Waals surface area contributed by atoms with Gasteiger partial charge in [0.1, 0.15) is 0 Å². The molecule has 0 radical (unpaired) electrons. The summed E-state index contributed by atoms with van der Waals surface area (Å²) < 4.78 is 1.70. The standard InChI is InChI=1S/C13H9N3O2/c17-13(18)10-2-1-3-12-11(10)8-15-16(12)9-4-6-14-7-5-9/h1-8H,(H,17,18). The first-order chi connectivity index (χ1) is 8.77. The molecule has 3 aromatic rings. The molecule has 3 rings (SSSR count). The zero-order valence-electron chi connectivity index (χ0n) is 9.32. The van der Waals surface area contributed by atoms with Crippen LogP contribution in [0.1, 0.15) is 10.4 Å². The van der Waals surface area contributed by atoms with Crippen LogP contribution in [-0.2, 0) is 0 Å². The van der Waals surface area contributed by atoms with Crippen molar-refractivity contribution in [2.24, 2.45) is 0 Å². The number of benzene rings is 1. The Labute approximate surface area is 102 Å². The summed E-state index contributed by atoms with van der Waals surface area (Å²) in [5, 5.41) is 14.0. The van der Waals surface area contributed by atoms with Crippen LogP contribution in [0.4, 0.5) is 0 Å². The predicted octanol–water partition coefficient (Wildman–Crippen LogP) is 2.12. The molecule has 2 heterocycles. The van der Waals surface area contributed by atoms with E-state index in [1.165, 1.54) is 0 Å². The van der Waals surface area contributed by atoms with Crippen LogP contribution in [0.2, 0.25) is 0 Å². The summed E-state index contributed by atoms with van der Waals surface area (Å²) in [7, 11) is 0. The van der Waals surface area contributed by atoms with Crippen molar-refractivity contribution in [2.75, 3.05) is 0 Å². The lowest BCUT2D eigenvalue weighted by molar-refractivity contribution is 0.0699. The van der Waals surface area contributed by atoms with Crippen molar-refractivity contribution in [3.63, 3.8) is 0 Å². The number of aromatic nitrogens is 3. The summed E-state index contributed by atoms with van der Waals surface area (Å²) in [6.07, 6.45) is 4.91. The highest BCUT2D eigenvalue weighted by molar-refractivity contribution is 6.02. The molecule has 0 unspecified atom stereocenters. The first kappa shape index (κ1) is 10.5. The third kappa shape index (κ3) is 1.53. The molecule has 0 aliphatic heterocycles. The van der Waals surface area contributed by atoms with Gasteiger partial charge < -0.3 is 5.11 Å². The van der Waals surface area contributed by atoms with Crippen molar-refractivity contribution in [1.82, 2.24) is 14.8 Å². The highest BCUT2D eigenvalue weighted by Crippen LogP contribution is 2.21. The largest absolute Gasteiger partial charge is 0.478 e. The van der Waals surface area contributed by atoms with Gasteiger partial charge in [0, 0.05) is 17.8 Å². The third-order valence-corrected chi connectivity index (χ3v) is 2.75. The van der Waals surface area contributed by atoms with Crippen LogP contribution < -0.4 is 0 Å². The second kappa shape index (κ2) is 3.96. The van der Waals surface area contributed by atoms with E-state index in [1.54, 1.807) is 35.4 Å². The van der Waals surface area contributed by atoms with Crippen molar-refractivity contribution >= 4 is 16.9 Å². The second-order valence-corrected chi connectivity index (χ2v) is 3.81. The Bertz CT molecular complexity index is 719. The maximum absolute atomic E-state index is 11.1. The van der Waals surface area contributed by atoms with Gasteiger partial charge in [-0.05, 0) is 24.3 Å². The van der Waals surface area contributed by atoms with Gasteiger partial charge in [-0.2, -0.15) is 5.10 Å². The summed E-state index contributed by atoms with van der Waals surface area (Å²) in [6, 6.07) is 8.77. The van der Waals surface area contributed by atoms with Crippen LogP contribution in [0.25, 0.3) is 16.6 Å². The van der Waals surface area contributed by atoms with Gasteiger partial charge >= 0.3 is 5.97 Å². The molecule has 5 heteroatoms. The van der Waals surface area contributed by atoms with Crippen molar-refractivity contribution in [1.29, 1.82) is 0 Å². The lowest BCUT2D eigenvalue weighted by atomic mass is 10.1. The van der Waals surface area contributed by atoms with Crippen LogP contribution in [0, 0.1) is 0 Å². The van der Waals surface area contributed by atoms with E-state index in [0.717, 1.165) is 11.2 Å². The minimum absolute atomic E-state index is 0.257. The predicted molar refractivity (Wildman–Crippen MR) is 65.8 cm³/mol. The third-order valence-electron chi connectivity index (χ3n) is 2.75. The Kier molecular flexibility index (Phi) is 2.30. The maximum Gasteiger partial charge on any atom is 0.336 e. The van der Waals surface area contributed by atoms with Crippen molar-refractivity contribution < 1.29 is 9.90 Å². The molecule has 1 aromatic carbocycles. The highest BCUT2D eigenvalue weighted by Gasteiger charge is 2.12. The number of hydrogen-bond donors (Lipinski definition) is 1. The molecule has 0 spiro atoms. The second-order valence-electron chi connectivity index (χ2n) is 3.81. The number of carboxylic acid groups (broad SMARTS) is 1. The first-order valence-corrected chi connectivity index (χ1v) is 5.38. The van der Waals surface area contributed by atoms with Crippen LogP contribution in [0.5, 0.6) is 0 Å². The summed E-state index contributed by atoms with van der Waals surface area (Å²) in [6.45, 7) is 0. The number of carbonyl (C=O) groups is 1. The number of carboxylic acids is 1. The topological polar surface area (TPSA) is 68.0 Å². The number of fused-ring (bicyclic) bond motifs is 1. The minimum atomic E-state index is -0.949. The molecule has 0 atom stereocenters. The molecular weight excluding hydrogens is 230 g/mol. The molecule has 0 fully saturated rings. The number of pyridine rings is 1. The number of hydrogen-bond acceptors (Lipinski definition) is 3. The van der Waals surface area contributed by atoms with Gasteiger partial charge in [0.2, 0.25) is 0 Å². The van der Waals surface area contributed by atoms with Crippen molar-refractivity contribution in [2.45, 2.75) is 0 Å². The molecule has 0 bridgehead atoms. The van der Waals surface area contributed by atoms with Gasteiger partial charge in [-0.3, -0.25) is 4.98 Å². The van der Waals surface area contributed by atoms with E-state index >= 15 is 0 Å². The minimum Gasteiger partial charge on any atom is -0.478 e. The van der Waals surface area contributed by atoms with Gasteiger partial charge in [-0.25, -0.2) is 9.48 Å². The normalized spacial score (nSPS) is 10.7. The van der Waals surface area contributed by atoms with E-state index in [-0.39, 0.29) is 5.56 Å². The highest BCUT2D eigenvalue weighted by atomic mass is 16.4. The van der Waals surface area contributed by atoms with E-state index in [1.807, 2.05) is 18.2 Å². The molecule has 1 N–H and O–H groups in total. The van der Waals surface area contributed by atoms with Crippen molar-refractivity contribution in [3.05, 3.63) is 54.5 Å². The monoisotopic (exact) mass is 239 g/mol. The molecule has 0 aliphatic carbocycles. The van der Waals surface area contributed by atoms with Gasteiger partial charge in [0.05, 0.1) is 23.0 Å². The summed E-state index contributed by atoms with van der Waals surface area (Å²) in [5.41, 5.74) is 1.87. The van der Waals surface area contributed by atoms with E-state index < -0.39 is 5.97 Å². The van der Waals surface area contributed by atoms with E-state index in [2.05, 4.69) is 10.1 Å². The number of aromatic carboxylic acids is 1. The number of rotatable bonds is 2. The summed E-state index contributed by atoms with van der Waals surface area (Å²) in [4.78, 5) is 15.1. The Morgan fingerprint density at radius 2 is 1.94 bits per heavy atom. The average Bonchev–Trinajstić information content (AvgIpc) is 2.83. The zero-order chi connectivity index (χ0) is 12.5. The SMILES string of the molecule is O=C(O)c1cccc2c1cnn2-c1ccncc1. The molecule has 18 heavy (non-hydrogen) atoms. The summed E-state index contributed by atoms with van der Waals surface area (Å²) >= 11 is 0. The first-order valence-electron chi connectivity index (χ1n) is 5.38. The smallest absolute Gasteiger partial charge is 0.336 e. The molecule has 2 aromatic heterocycles. The molecule has 88 valence electrons. The average molecular weight is 239 g/mol.